The Balaban J connectivity index is 2.03. The Morgan fingerprint density at radius 2 is 2.19 bits per heavy atom. The average molecular weight is 307 g/mol. The van der Waals surface area contributed by atoms with E-state index in [1.165, 1.54) is 18.9 Å². The highest BCUT2D eigenvalue weighted by molar-refractivity contribution is 9.10. The van der Waals surface area contributed by atoms with E-state index in [1.54, 1.807) is 0 Å². The van der Waals surface area contributed by atoms with Gasteiger partial charge in [-0.1, -0.05) is 6.07 Å². The van der Waals surface area contributed by atoms with Gasteiger partial charge in [-0.15, -0.1) is 11.6 Å². The van der Waals surface area contributed by atoms with Crippen LogP contribution in [0.4, 0.5) is 4.39 Å². The van der Waals surface area contributed by atoms with Crippen molar-refractivity contribution in [2.45, 2.75) is 25.4 Å². The lowest BCUT2D eigenvalue weighted by Gasteiger charge is -2.20. The molecule has 0 radical (unpaired) electrons. The van der Waals surface area contributed by atoms with Gasteiger partial charge >= 0.3 is 0 Å². The Kier molecular flexibility index (Phi) is 4.22. The second kappa shape index (κ2) is 5.48. The summed E-state index contributed by atoms with van der Waals surface area (Å²) in [5.41, 5.74) is 1.13. The molecule has 0 unspecified atom stereocenters. The van der Waals surface area contributed by atoms with Crippen LogP contribution < -0.4 is 0 Å². The Hall–Kier alpha value is -0.120. The van der Waals surface area contributed by atoms with E-state index >= 15 is 0 Å². The third-order valence-corrected chi connectivity index (χ3v) is 3.58. The molecule has 88 valence electrons. The average Bonchev–Trinajstić information content (AvgIpc) is 3.06. The van der Waals surface area contributed by atoms with Crippen molar-refractivity contribution >= 4 is 27.5 Å². The Labute approximate surface area is 109 Å². The second-order valence-electron chi connectivity index (χ2n) is 4.14. The van der Waals surface area contributed by atoms with E-state index in [1.807, 2.05) is 12.1 Å². The zero-order chi connectivity index (χ0) is 11.5. The lowest BCUT2D eigenvalue weighted by atomic mass is 10.2. The van der Waals surface area contributed by atoms with Crippen molar-refractivity contribution in [2.75, 3.05) is 12.4 Å². The van der Waals surface area contributed by atoms with Gasteiger partial charge in [-0.05, 0) is 46.5 Å². The highest BCUT2D eigenvalue weighted by Gasteiger charge is 2.28. The summed E-state index contributed by atoms with van der Waals surface area (Å²) in [5.74, 6) is 0.442. The molecule has 0 heterocycles. The molecular weight excluding hydrogens is 292 g/mol. The first-order chi connectivity index (χ1) is 7.70. The quantitative estimate of drug-likeness (QED) is 0.748. The maximum absolute atomic E-state index is 13.1. The fourth-order valence-electron chi connectivity index (χ4n) is 1.81. The minimum absolute atomic E-state index is 0.209. The Morgan fingerprint density at radius 3 is 2.75 bits per heavy atom. The van der Waals surface area contributed by atoms with Crippen LogP contribution in [-0.2, 0) is 6.54 Å². The summed E-state index contributed by atoms with van der Waals surface area (Å²) in [4.78, 5) is 2.37. The number of benzene rings is 1. The van der Waals surface area contributed by atoms with E-state index in [4.69, 9.17) is 11.6 Å². The third kappa shape index (κ3) is 3.19. The fraction of sp³-hybridized carbons (Fsp3) is 0.500. The van der Waals surface area contributed by atoms with E-state index in [-0.39, 0.29) is 5.82 Å². The monoisotopic (exact) mass is 305 g/mol. The van der Waals surface area contributed by atoms with Crippen molar-refractivity contribution < 1.29 is 4.39 Å². The third-order valence-electron chi connectivity index (χ3n) is 2.80. The van der Waals surface area contributed by atoms with Crippen LogP contribution in [0.3, 0.4) is 0 Å². The highest BCUT2D eigenvalue weighted by Crippen LogP contribution is 2.28. The molecule has 0 saturated heterocycles. The molecule has 0 aliphatic heterocycles. The minimum atomic E-state index is -0.209. The van der Waals surface area contributed by atoms with Gasteiger partial charge in [0.1, 0.15) is 5.82 Å². The lowest BCUT2D eigenvalue weighted by molar-refractivity contribution is 0.271. The molecule has 0 spiro atoms. The summed E-state index contributed by atoms with van der Waals surface area (Å²) in [6, 6.07) is 5.87. The molecule has 0 atom stereocenters. The number of nitrogens with zero attached hydrogens (tertiary/aromatic N) is 1. The van der Waals surface area contributed by atoms with Crippen LogP contribution in [0.5, 0.6) is 0 Å². The molecular formula is C12H14BrClFN. The number of hydrogen-bond acceptors (Lipinski definition) is 1. The van der Waals surface area contributed by atoms with Crippen LogP contribution in [0.1, 0.15) is 18.4 Å². The second-order valence-corrected chi connectivity index (χ2v) is 5.37. The van der Waals surface area contributed by atoms with Gasteiger partial charge in [0.25, 0.3) is 0 Å². The van der Waals surface area contributed by atoms with Gasteiger partial charge < -0.3 is 0 Å². The molecule has 1 saturated carbocycles. The standard InChI is InChI=1S/C12H14BrClFN/c13-11-7-9(1-4-12(11)15)8-16(6-5-14)10-2-3-10/h1,4,7,10H,2-3,5-6,8H2. The maximum Gasteiger partial charge on any atom is 0.137 e. The molecule has 0 aromatic heterocycles. The first kappa shape index (κ1) is 12.3. The van der Waals surface area contributed by atoms with Gasteiger partial charge in [0.2, 0.25) is 0 Å². The molecule has 1 aliphatic rings. The van der Waals surface area contributed by atoms with Crippen molar-refractivity contribution in [3.8, 4) is 0 Å². The molecule has 4 heteroatoms. The van der Waals surface area contributed by atoms with Crippen LogP contribution in [0.2, 0.25) is 0 Å². The van der Waals surface area contributed by atoms with Crippen molar-refractivity contribution in [1.82, 2.24) is 4.90 Å². The van der Waals surface area contributed by atoms with E-state index < -0.39 is 0 Å². The van der Waals surface area contributed by atoms with Crippen LogP contribution in [0, 0.1) is 5.82 Å². The predicted octanol–water partition coefficient (Wildman–Crippen LogP) is 3.79. The maximum atomic E-state index is 13.1. The first-order valence-electron chi connectivity index (χ1n) is 5.44. The van der Waals surface area contributed by atoms with Gasteiger partial charge in [-0.3, -0.25) is 4.90 Å². The van der Waals surface area contributed by atoms with Gasteiger partial charge in [-0.25, -0.2) is 4.39 Å². The topological polar surface area (TPSA) is 3.24 Å². The summed E-state index contributed by atoms with van der Waals surface area (Å²) < 4.78 is 13.6. The summed E-state index contributed by atoms with van der Waals surface area (Å²) in [7, 11) is 0. The Morgan fingerprint density at radius 1 is 1.44 bits per heavy atom. The lowest BCUT2D eigenvalue weighted by Crippen LogP contribution is -2.27. The van der Waals surface area contributed by atoms with Gasteiger partial charge in [0.05, 0.1) is 4.47 Å². The predicted molar refractivity (Wildman–Crippen MR) is 68.3 cm³/mol. The summed E-state index contributed by atoms with van der Waals surface area (Å²) in [6.07, 6.45) is 2.53. The van der Waals surface area contributed by atoms with Crippen molar-refractivity contribution in [3.05, 3.63) is 34.1 Å². The van der Waals surface area contributed by atoms with E-state index in [9.17, 15) is 4.39 Å². The number of rotatable bonds is 5. The molecule has 1 nitrogen and oxygen atoms in total. The van der Waals surface area contributed by atoms with E-state index in [2.05, 4.69) is 20.8 Å². The van der Waals surface area contributed by atoms with Gasteiger partial charge in [0, 0.05) is 25.0 Å². The zero-order valence-corrected chi connectivity index (χ0v) is 11.3. The highest BCUT2D eigenvalue weighted by atomic mass is 79.9. The van der Waals surface area contributed by atoms with E-state index in [0.29, 0.717) is 16.4 Å². The van der Waals surface area contributed by atoms with Gasteiger partial charge in [0.15, 0.2) is 0 Å². The fourth-order valence-corrected chi connectivity index (χ4v) is 2.45. The number of halogens is 3. The number of hydrogen-bond donors (Lipinski definition) is 0. The molecule has 1 aromatic carbocycles. The van der Waals surface area contributed by atoms with Gasteiger partial charge in [-0.2, -0.15) is 0 Å². The van der Waals surface area contributed by atoms with Crippen molar-refractivity contribution in [1.29, 1.82) is 0 Å². The SMILES string of the molecule is Fc1ccc(CN(CCCl)C2CC2)cc1Br. The minimum Gasteiger partial charge on any atom is -0.295 e. The largest absolute Gasteiger partial charge is 0.295 e. The summed E-state index contributed by atoms with van der Waals surface area (Å²) in [6.45, 7) is 1.76. The normalized spacial score (nSPS) is 15.8. The molecule has 2 rings (SSSR count). The zero-order valence-electron chi connectivity index (χ0n) is 8.93. The van der Waals surface area contributed by atoms with E-state index in [0.717, 1.165) is 18.7 Å². The Bertz CT molecular complexity index is 368. The van der Waals surface area contributed by atoms with Crippen molar-refractivity contribution in [3.63, 3.8) is 0 Å². The molecule has 1 fully saturated rings. The molecule has 16 heavy (non-hydrogen) atoms. The first-order valence-corrected chi connectivity index (χ1v) is 6.77. The van der Waals surface area contributed by atoms with Crippen LogP contribution >= 0.6 is 27.5 Å². The number of alkyl halides is 1. The molecule has 1 aromatic rings. The summed E-state index contributed by atoms with van der Waals surface area (Å²) in [5, 5.41) is 0. The summed E-state index contributed by atoms with van der Waals surface area (Å²) >= 11 is 8.99. The van der Waals surface area contributed by atoms with Crippen LogP contribution in [-0.4, -0.2) is 23.4 Å². The molecule has 0 N–H and O–H groups in total. The molecule has 0 amide bonds. The van der Waals surface area contributed by atoms with Crippen molar-refractivity contribution in [2.24, 2.45) is 0 Å². The molecule has 0 bridgehead atoms. The smallest absolute Gasteiger partial charge is 0.137 e. The van der Waals surface area contributed by atoms with Crippen LogP contribution in [0.15, 0.2) is 22.7 Å². The van der Waals surface area contributed by atoms with Crippen LogP contribution in [0.25, 0.3) is 0 Å². The molecule has 1 aliphatic carbocycles.